The lowest BCUT2D eigenvalue weighted by molar-refractivity contribution is -0.138. The van der Waals surface area contributed by atoms with Crippen LogP contribution in [-0.4, -0.2) is 35.0 Å². The molecular formula is C17H31NO3. The summed E-state index contributed by atoms with van der Waals surface area (Å²) in [6.45, 7) is 6.85. The molecule has 122 valence electrons. The molecule has 0 aliphatic heterocycles. The van der Waals surface area contributed by atoms with Crippen LogP contribution in [0.1, 0.15) is 71.1 Å². The lowest BCUT2D eigenvalue weighted by Gasteiger charge is -2.22. The second-order valence-corrected chi connectivity index (χ2v) is 5.47. The van der Waals surface area contributed by atoms with Crippen molar-refractivity contribution >= 4 is 11.9 Å². The van der Waals surface area contributed by atoms with Crippen molar-refractivity contribution in [1.29, 1.82) is 0 Å². The molecule has 0 aromatic heterocycles. The largest absolute Gasteiger partial charge is 0.481 e. The molecule has 0 heterocycles. The molecule has 0 radical (unpaired) electrons. The summed E-state index contributed by atoms with van der Waals surface area (Å²) >= 11 is 0. The second kappa shape index (κ2) is 13.7. The van der Waals surface area contributed by atoms with Gasteiger partial charge in [0.25, 0.3) is 0 Å². The van der Waals surface area contributed by atoms with Crippen molar-refractivity contribution in [1.82, 2.24) is 4.90 Å². The molecule has 0 bridgehead atoms. The highest BCUT2D eigenvalue weighted by molar-refractivity contribution is 5.77. The van der Waals surface area contributed by atoms with E-state index in [1.807, 2.05) is 6.08 Å². The predicted octanol–water partition coefficient (Wildman–Crippen LogP) is 4.01. The SMILES string of the molecule is C=CCCCC(=O)N(CCCCCCCC)CCC(=O)O. The summed E-state index contributed by atoms with van der Waals surface area (Å²) < 4.78 is 0. The van der Waals surface area contributed by atoms with Crippen molar-refractivity contribution in [2.45, 2.75) is 71.1 Å². The monoisotopic (exact) mass is 297 g/mol. The normalized spacial score (nSPS) is 10.3. The van der Waals surface area contributed by atoms with Crippen molar-refractivity contribution in [3.05, 3.63) is 12.7 Å². The molecule has 0 spiro atoms. The van der Waals surface area contributed by atoms with Gasteiger partial charge in [-0.3, -0.25) is 9.59 Å². The number of hydrogen-bond acceptors (Lipinski definition) is 2. The summed E-state index contributed by atoms with van der Waals surface area (Å²) in [7, 11) is 0. The Morgan fingerprint density at radius 2 is 1.67 bits per heavy atom. The molecule has 21 heavy (non-hydrogen) atoms. The van der Waals surface area contributed by atoms with Gasteiger partial charge in [-0.25, -0.2) is 0 Å². The molecule has 1 N–H and O–H groups in total. The number of carboxylic acids is 1. The Bertz CT molecular complexity index is 302. The van der Waals surface area contributed by atoms with Crippen molar-refractivity contribution in [3.63, 3.8) is 0 Å². The van der Waals surface area contributed by atoms with Gasteiger partial charge in [-0.15, -0.1) is 6.58 Å². The van der Waals surface area contributed by atoms with E-state index in [2.05, 4.69) is 13.5 Å². The van der Waals surface area contributed by atoms with Crippen LogP contribution in [0.25, 0.3) is 0 Å². The summed E-state index contributed by atoms with van der Waals surface area (Å²) in [5.74, 6) is -0.770. The van der Waals surface area contributed by atoms with Gasteiger partial charge in [0.05, 0.1) is 6.42 Å². The fourth-order valence-corrected chi connectivity index (χ4v) is 2.23. The van der Waals surface area contributed by atoms with Gasteiger partial charge in [-0.05, 0) is 19.3 Å². The molecule has 0 fully saturated rings. The zero-order valence-corrected chi connectivity index (χ0v) is 13.5. The Kier molecular flexibility index (Phi) is 12.8. The maximum Gasteiger partial charge on any atom is 0.305 e. The summed E-state index contributed by atoms with van der Waals surface area (Å²) in [5.41, 5.74) is 0. The number of carbonyl (C=O) groups excluding carboxylic acids is 1. The van der Waals surface area contributed by atoms with E-state index in [1.165, 1.54) is 25.7 Å². The molecule has 0 aromatic carbocycles. The van der Waals surface area contributed by atoms with Gasteiger partial charge in [0.1, 0.15) is 0 Å². The third-order valence-electron chi connectivity index (χ3n) is 3.53. The Hall–Kier alpha value is -1.32. The lowest BCUT2D eigenvalue weighted by Crippen LogP contribution is -2.33. The van der Waals surface area contributed by atoms with E-state index in [0.717, 1.165) is 25.7 Å². The maximum atomic E-state index is 12.1. The number of aliphatic carboxylic acids is 1. The molecule has 4 nitrogen and oxygen atoms in total. The van der Waals surface area contributed by atoms with Crippen LogP contribution in [0, 0.1) is 0 Å². The van der Waals surface area contributed by atoms with Gasteiger partial charge in [-0.2, -0.15) is 0 Å². The molecule has 0 aromatic rings. The Balaban J connectivity index is 4.03. The van der Waals surface area contributed by atoms with Crippen LogP contribution >= 0.6 is 0 Å². The van der Waals surface area contributed by atoms with E-state index in [1.54, 1.807) is 4.90 Å². The van der Waals surface area contributed by atoms with Gasteiger partial charge >= 0.3 is 5.97 Å². The number of nitrogens with zero attached hydrogens (tertiary/aromatic N) is 1. The van der Waals surface area contributed by atoms with Crippen LogP contribution < -0.4 is 0 Å². The van der Waals surface area contributed by atoms with Crippen molar-refractivity contribution < 1.29 is 14.7 Å². The van der Waals surface area contributed by atoms with E-state index in [4.69, 9.17) is 5.11 Å². The number of allylic oxidation sites excluding steroid dienone is 1. The standard InChI is InChI=1S/C17H31NO3/c1-3-5-7-8-9-11-14-18(15-13-17(20)21)16(19)12-10-6-4-2/h4H,2-3,5-15H2,1H3,(H,20,21). The first-order chi connectivity index (χ1) is 10.1. The highest BCUT2D eigenvalue weighted by Gasteiger charge is 2.13. The predicted molar refractivity (Wildman–Crippen MR) is 86.3 cm³/mol. The quantitative estimate of drug-likeness (QED) is 0.389. The molecule has 1 amide bonds. The highest BCUT2D eigenvalue weighted by atomic mass is 16.4. The fourth-order valence-electron chi connectivity index (χ4n) is 2.23. The third kappa shape index (κ3) is 12.2. The van der Waals surface area contributed by atoms with Crippen LogP contribution in [0.15, 0.2) is 12.7 Å². The van der Waals surface area contributed by atoms with E-state index in [9.17, 15) is 9.59 Å². The first-order valence-electron chi connectivity index (χ1n) is 8.22. The molecule has 0 rings (SSSR count). The van der Waals surface area contributed by atoms with Gasteiger partial charge in [-0.1, -0.05) is 45.1 Å². The topological polar surface area (TPSA) is 57.6 Å². The van der Waals surface area contributed by atoms with Crippen LogP contribution in [0.3, 0.4) is 0 Å². The molecule has 4 heteroatoms. The number of unbranched alkanes of at least 4 members (excludes halogenated alkanes) is 6. The molecule has 0 unspecified atom stereocenters. The van der Waals surface area contributed by atoms with E-state index >= 15 is 0 Å². The van der Waals surface area contributed by atoms with Crippen molar-refractivity contribution in [2.24, 2.45) is 0 Å². The molecule has 0 aliphatic rings. The first kappa shape index (κ1) is 19.7. The number of rotatable bonds is 14. The van der Waals surface area contributed by atoms with Crippen LogP contribution in [0.4, 0.5) is 0 Å². The Labute approximate surface area is 129 Å². The van der Waals surface area contributed by atoms with Crippen molar-refractivity contribution in [2.75, 3.05) is 13.1 Å². The smallest absolute Gasteiger partial charge is 0.305 e. The Morgan fingerprint density at radius 3 is 2.29 bits per heavy atom. The van der Waals surface area contributed by atoms with Gasteiger partial charge in [0.15, 0.2) is 0 Å². The van der Waals surface area contributed by atoms with Crippen LogP contribution in [0.5, 0.6) is 0 Å². The second-order valence-electron chi connectivity index (χ2n) is 5.47. The molecule has 0 saturated heterocycles. The van der Waals surface area contributed by atoms with E-state index in [-0.39, 0.29) is 12.3 Å². The van der Waals surface area contributed by atoms with Gasteiger partial charge < -0.3 is 10.0 Å². The van der Waals surface area contributed by atoms with E-state index in [0.29, 0.717) is 19.5 Å². The third-order valence-corrected chi connectivity index (χ3v) is 3.53. The lowest BCUT2D eigenvalue weighted by atomic mass is 10.1. The summed E-state index contributed by atoms with van der Waals surface area (Å²) in [4.78, 5) is 24.5. The maximum absolute atomic E-state index is 12.1. The van der Waals surface area contributed by atoms with Crippen molar-refractivity contribution in [3.8, 4) is 0 Å². The summed E-state index contributed by atoms with van der Waals surface area (Å²) in [6, 6.07) is 0. The van der Waals surface area contributed by atoms with Crippen LogP contribution in [-0.2, 0) is 9.59 Å². The zero-order chi connectivity index (χ0) is 15.9. The molecular weight excluding hydrogens is 266 g/mol. The number of carbonyl (C=O) groups is 2. The molecule has 0 atom stereocenters. The molecule has 0 saturated carbocycles. The number of hydrogen-bond donors (Lipinski definition) is 1. The Morgan fingerprint density at radius 1 is 1.00 bits per heavy atom. The number of amides is 1. The minimum Gasteiger partial charge on any atom is -0.481 e. The fraction of sp³-hybridized carbons (Fsp3) is 0.765. The molecule has 0 aliphatic carbocycles. The first-order valence-corrected chi connectivity index (χ1v) is 8.22. The van der Waals surface area contributed by atoms with Gasteiger partial charge in [0.2, 0.25) is 5.91 Å². The zero-order valence-electron chi connectivity index (χ0n) is 13.5. The summed E-state index contributed by atoms with van der Waals surface area (Å²) in [6.07, 6.45) is 11.0. The summed E-state index contributed by atoms with van der Waals surface area (Å²) in [5, 5.41) is 8.78. The average Bonchev–Trinajstić information content (AvgIpc) is 2.45. The van der Waals surface area contributed by atoms with E-state index < -0.39 is 5.97 Å². The number of carboxylic acid groups (broad SMARTS) is 1. The van der Waals surface area contributed by atoms with Crippen LogP contribution in [0.2, 0.25) is 0 Å². The minimum atomic E-state index is -0.846. The van der Waals surface area contributed by atoms with Gasteiger partial charge in [0, 0.05) is 19.5 Å². The average molecular weight is 297 g/mol. The minimum absolute atomic E-state index is 0.0308. The highest BCUT2D eigenvalue weighted by Crippen LogP contribution is 2.08.